The summed E-state index contributed by atoms with van der Waals surface area (Å²) in [7, 11) is 0. The van der Waals surface area contributed by atoms with E-state index in [0.717, 1.165) is 5.56 Å². The molecule has 0 aliphatic carbocycles. The molecule has 1 nitrogen and oxygen atoms in total. The van der Waals surface area contributed by atoms with Crippen LogP contribution < -0.4 is 0 Å². The number of rotatable bonds is 4. The third-order valence-electron chi connectivity index (χ3n) is 2.52. The lowest BCUT2D eigenvalue weighted by atomic mass is 9.99. The Balaban J connectivity index is 2.62. The highest BCUT2D eigenvalue weighted by Crippen LogP contribution is 2.28. The molecule has 0 heterocycles. The summed E-state index contributed by atoms with van der Waals surface area (Å²) in [5.41, 5.74) is 1.61. The third kappa shape index (κ3) is 3.85. The molecule has 1 aromatic carbocycles. The Morgan fingerprint density at radius 2 is 1.62 bits per heavy atom. The zero-order valence-corrected chi connectivity index (χ0v) is 9.09. The predicted molar refractivity (Wildman–Crippen MR) is 56.2 cm³/mol. The SMILES string of the molecule is CC(Cc1ccc(CCO)cc1)C(F)(F)F. The predicted octanol–water partition coefficient (Wildman–Crippen LogP) is 2.96. The molecule has 0 bridgehead atoms. The van der Waals surface area contributed by atoms with Gasteiger partial charge in [-0.2, -0.15) is 13.2 Å². The lowest BCUT2D eigenvalue weighted by Gasteiger charge is -2.15. The van der Waals surface area contributed by atoms with Crippen molar-refractivity contribution in [1.82, 2.24) is 0 Å². The van der Waals surface area contributed by atoms with Crippen molar-refractivity contribution >= 4 is 0 Å². The monoisotopic (exact) mass is 232 g/mol. The molecule has 4 heteroatoms. The first-order chi connectivity index (χ1) is 7.43. The van der Waals surface area contributed by atoms with Crippen LogP contribution in [0.5, 0.6) is 0 Å². The van der Waals surface area contributed by atoms with E-state index < -0.39 is 12.1 Å². The van der Waals surface area contributed by atoms with Crippen LogP contribution >= 0.6 is 0 Å². The van der Waals surface area contributed by atoms with Gasteiger partial charge in [0.1, 0.15) is 0 Å². The van der Waals surface area contributed by atoms with E-state index in [4.69, 9.17) is 5.11 Å². The van der Waals surface area contributed by atoms with E-state index >= 15 is 0 Å². The Morgan fingerprint density at radius 1 is 1.12 bits per heavy atom. The molecule has 1 aromatic rings. The second kappa shape index (κ2) is 5.34. The van der Waals surface area contributed by atoms with Gasteiger partial charge in [0.05, 0.1) is 5.92 Å². The molecule has 0 fully saturated rings. The van der Waals surface area contributed by atoms with Gasteiger partial charge in [0.15, 0.2) is 0 Å². The van der Waals surface area contributed by atoms with Crippen molar-refractivity contribution in [3.63, 3.8) is 0 Å². The maximum Gasteiger partial charge on any atom is 0.391 e. The largest absolute Gasteiger partial charge is 0.396 e. The van der Waals surface area contributed by atoms with Gasteiger partial charge in [-0.1, -0.05) is 31.2 Å². The molecule has 1 unspecified atom stereocenters. The second-order valence-corrected chi connectivity index (χ2v) is 3.94. The first-order valence-electron chi connectivity index (χ1n) is 5.19. The maximum atomic E-state index is 12.3. The minimum absolute atomic E-state index is 0.00288. The molecule has 0 aliphatic heterocycles. The minimum Gasteiger partial charge on any atom is -0.396 e. The molecule has 0 radical (unpaired) electrons. The lowest BCUT2D eigenvalue weighted by Crippen LogP contribution is -2.21. The van der Waals surface area contributed by atoms with Crippen molar-refractivity contribution in [2.24, 2.45) is 5.92 Å². The van der Waals surface area contributed by atoms with Crippen LogP contribution in [0.3, 0.4) is 0 Å². The molecule has 0 spiro atoms. The summed E-state index contributed by atoms with van der Waals surface area (Å²) >= 11 is 0. The van der Waals surface area contributed by atoms with E-state index in [2.05, 4.69) is 0 Å². The van der Waals surface area contributed by atoms with Gasteiger partial charge in [-0.25, -0.2) is 0 Å². The minimum atomic E-state index is -4.14. The quantitative estimate of drug-likeness (QED) is 0.846. The van der Waals surface area contributed by atoms with Crippen LogP contribution in [-0.4, -0.2) is 17.9 Å². The molecular weight excluding hydrogens is 217 g/mol. The first kappa shape index (κ1) is 13.0. The highest BCUT2D eigenvalue weighted by molar-refractivity contribution is 5.23. The van der Waals surface area contributed by atoms with E-state index in [1.807, 2.05) is 0 Å². The number of aliphatic hydroxyl groups excluding tert-OH is 1. The van der Waals surface area contributed by atoms with Crippen LogP contribution in [0.2, 0.25) is 0 Å². The Labute approximate surface area is 92.9 Å². The molecule has 0 aromatic heterocycles. The van der Waals surface area contributed by atoms with Crippen molar-refractivity contribution in [2.45, 2.75) is 25.9 Å². The summed E-state index contributed by atoms with van der Waals surface area (Å²) in [6, 6.07) is 6.89. The highest BCUT2D eigenvalue weighted by Gasteiger charge is 2.35. The summed E-state index contributed by atoms with van der Waals surface area (Å²) in [5.74, 6) is -1.32. The number of hydrogen-bond donors (Lipinski definition) is 1. The molecule has 0 saturated carbocycles. The van der Waals surface area contributed by atoms with Crippen molar-refractivity contribution in [3.8, 4) is 0 Å². The second-order valence-electron chi connectivity index (χ2n) is 3.94. The molecule has 1 rings (SSSR count). The number of alkyl halides is 3. The molecule has 1 N–H and O–H groups in total. The van der Waals surface area contributed by atoms with Crippen LogP contribution in [0.15, 0.2) is 24.3 Å². The van der Waals surface area contributed by atoms with E-state index in [1.54, 1.807) is 24.3 Å². The molecule has 0 amide bonds. The van der Waals surface area contributed by atoms with Crippen molar-refractivity contribution in [1.29, 1.82) is 0 Å². The van der Waals surface area contributed by atoms with Crippen LogP contribution in [0.1, 0.15) is 18.1 Å². The van der Waals surface area contributed by atoms with Crippen LogP contribution in [0.25, 0.3) is 0 Å². The third-order valence-corrected chi connectivity index (χ3v) is 2.52. The van der Waals surface area contributed by atoms with E-state index in [-0.39, 0.29) is 13.0 Å². The van der Waals surface area contributed by atoms with Gasteiger partial charge in [0.2, 0.25) is 0 Å². The Hall–Kier alpha value is -1.03. The summed E-state index contributed by atoms with van der Waals surface area (Å²) in [5, 5.41) is 8.69. The molecule has 1 atom stereocenters. The molecular formula is C12H15F3O. The van der Waals surface area contributed by atoms with Crippen molar-refractivity contribution in [3.05, 3.63) is 35.4 Å². The first-order valence-corrected chi connectivity index (χ1v) is 5.19. The van der Waals surface area contributed by atoms with Crippen LogP contribution in [-0.2, 0) is 12.8 Å². The zero-order valence-electron chi connectivity index (χ0n) is 9.09. The Kier molecular flexibility index (Phi) is 4.35. The van der Waals surface area contributed by atoms with Gasteiger partial charge in [-0.05, 0) is 24.0 Å². The van der Waals surface area contributed by atoms with Gasteiger partial charge in [-0.15, -0.1) is 0 Å². The van der Waals surface area contributed by atoms with Gasteiger partial charge < -0.3 is 5.11 Å². The van der Waals surface area contributed by atoms with E-state index in [9.17, 15) is 13.2 Å². The maximum absolute atomic E-state index is 12.3. The van der Waals surface area contributed by atoms with Crippen molar-refractivity contribution < 1.29 is 18.3 Å². The Morgan fingerprint density at radius 3 is 2.06 bits per heavy atom. The fourth-order valence-corrected chi connectivity index (χ4v) is 1.44. The standard InChI is InChI=1S/C12H15F3O/c1-9(12(13,14)15)8-11-4-2-10(3-5-11)6-7-16/h2-5,9,16H,6-8H2,1H3. The molecule has 90 valence electrons. The lowest BCUT2D eigenvalue weighted by molar-refractivity contribution is -0.169. The molecule has 0 aliphatic rings. The van der Waals surface area contributed by atoms with Gasteiger partial charge in [0, 0.05) is 6.61 Å². The highest BCUT2D eigenvalue weighted by atomic mass is 19.4. The summed E-state index contributed by atoms with van der Waals surface area (Å²) in [4.78, 5) is 0. The summed E-state index contributed by atoms with van der Waals surface area (Å²) in [6.45, 7) is 1.24. The molecule has 0 saturated heterocycles. The van der Waals surface area contributed by atoms with Crippen molar-refractivity contribution in [2.75, 3.05) is 6.61 Å². The van der Waals surface area contributed by atoms with Gasteiger partial charge >= 0.3 is 6.18 Å². The van der Waals surface area contributed by atoms with Crippen LogP contribution in [0.4, 0.5) is 13.2 Å². The average Bonchev–Trinajstić information content (AvgIpc) is 2.20. The van der Waals surface area contributed by atoms with Gasteiger partial charge in [-0.3, -0.25) is 0 Å². The van der Waals surface area contributed by atoms with Crippen LogP contribution in [0, 0.1) is 5.92 Å². The van der Waals surface area contributed by atoms with E-state index in [0.29, 0.717) is 12.0 Å². The Bertz CT molecular complexity index is 316. The number of halogens is 3. The average molecular weight is 232 g/mol. The number of aliphatic hydroxyl groups is 1. The fourth-order valence-electron chi connectivity index (χ4n) is 1.44. The van der Waals surface area contributed by atoms with E-state index in [1.165, 1.54) is 6.92 Å². The smallest absolute Gasteiger partial charge is 0.391 e. The summed E-state index contributed by atoms with van der Waals surface area (Å²) < 4.78 is 36.9. The fraction of sp³-hybridized carbons (Fsp3) is 0.500. The number of hydrogen-bond acceptors (Lipinski definition) is 1. The van der Waals surface area contributed by atoms with Gasteiger partial charge in [0.25, 0.3) is 0 Å². The topological polar surface area (TPSA) is 20.2 Å². The molecule has 16 heavy (non-hydrogen) atoms. The summed E-state index contributed by atoms with van der Waals surface area (Å²) in [6.07, 6.45) is -3.60. The number of benzene rings is 1. The zero-order chi connectivity index (χ0) is 12.2. The normalized spacial score (nSPS) is 13.8.